The third-order valence-corrected chi connectivity index (χ3v) is 3.26. The largest absolute Gasteiger partial charge is 0.508 e. The summed E-state index contributed by atoms with van der Waals surface area (Å²) in [6.45, 7) is 1.29. The molecule has 1 aliphatic heterocycles. The first-order valence-electron chi connectivity index (χ1n) is 5.92. The molecule has 2 rings (SSSR count). The van der Waals surface area contributed by atoms with E-state index in [-0.39, 0.29) is 5.75 Å². The zero-order valence-corrected chi connectivity index (χ0v) is 9.67. The molecule has 0 radical (unpaired) electrons. The van der Waals surface area contributed by atoms with Gasteiger partial charge in [0, 0.05) is 12.1 Å². The number of likely N-dealkylation sites (tertiary alicyclic amines) is 1. The topological polar surface area (TPSA) is 60.8 Å². The lowest BCUT2D eigenvalue weighted by molar-refractivity contribution is -0.144. The minimum Gasteiger partial charge on any atom is -0.508 e. The predicted molar refractivity (Wildman–Crippen MR) is 63.8 cm³/mol. The first kappa shape index (κ1) is 11.9. The molecule has 4 nitrogen and oxygen atoms in total. The number of aliphatic carboxylic acids is 1. The fourth-order valence-corrected chi connectivity index (χ4v) is 2.32. The van der Waals surface area contributed by atoms with Gasteiger partial charge >= 0.3 is 5.97 Å². The van der Waals surface area contributed by atoms with Gasteiger partial charge in [-0.25, -0.2) is 0 Å². The number of benzene rings is 1. The van der Waals surface area contributed by atoms with E-state index in [4.69, 9.17) is 5.11 Å². The van der Waals surface area contributed by atoms with E-state index in [0.29, 0.717) is 13.0 Å². The lowest BCUT2D eigenvalue weighted by atomic mass is 10.0. The van der Waals surface area contributed by atoms with Crippen molar-refractivity contribution in [3.05, 3.63) is 29.8 Å². The van der Waals surface area contributed by atoms with Crippen molar-refractivity contribution in [1.29, 1.82) is 0 Å². The molecule has 0 aromatic heterocycles. The normalized spacial score (nSPS) is 21.3. The number of para-hydroxylation sites is 1. The summed E-state index contributed by atoms with van der Waals surface area (Å²) in [5.74, 6) is -0.526. The summed E-state index contributed by atoms with van der Waals surface area (Å²) in [6, 6.07) is 6.68. The second kappa shape index (κ2) is 5.19. The number of hydrogen-bond donors (Lipinski definition) is 2. The molecular weight excluding hydrogens is 218 g/mol. The van der Waals surface area contributed by atoms with Gasteiger partial charge in [0.1, 0.15) is 11.8 Å². The summed E-state index contributed by atoms with van der Waals surface area (Å²) in [7, 11) is 0. The number of carboxylic acid groups (broad SMARTS) is 1. The van der Waals surface area contributed by atoms with Crippen molar-refractivity contribution in [3.63, 3.8) is 0 Å². The molecule has 2 N–H and O–H groups in total. The highest BCUT2D eigenvalue weighted by Gasteiger charge is 2.28. The molecule has 0 spiro atoms. The van der Waals surface area contributed by atoms with Crippen LogP contribution in [0.2, 0.25) is 0 Å². The molecule has 1 aromatic carbocycles. The van der Waals surface area contributed by atoms with Crippen LogP contribution in [-0.4, -0.2) is 33.7 Å². The van der Waals surface area contributed by atoms with Crippen LogP contribution in [0, 0.1) is 0 Å². The number of carbonyl (C=O) groups is 1. The third kappa shape index (κ3) is 2.77. The minimum absolute atomic E-state index is 0.238. The first-order chi connectivity index (χ1) is 8.18. The van der Waals surface area contributed by atoms with Gasteiger partial charge in [-0.1, -0.05) is 24.6 Å². The summed E-state index contributed by atoms with van der Waals surface area (Å²) in [5, 5.41) is 18.8. The van der Waals surface area contributed by atoms with E-state index in [1.165, 1.54) is 0 Å². The van der Waals surface area contributed by atoms with Crippen molar-refractivity contribution in [2.75, 3.05) is 6.54 Å². The van der Waals surface area contributed by atoms with E-state index in [1.54, 1.807) is 12.1 Å². The van der Waals surface area contributed by atoms with Crippen molar-refractivity contribution in [3.8, 4) is 5.75 Å². The number of carboxylic acids is 1. The van der Waals surface area contributed by atoms with Crippen molar-refractivity contribution in [2.24, 2.45) is 0 Å². The highest BCUT2D eigenvalue weighted by atomic mass is 16.4. The summed E-state index contributed by atoms with van der Waals surface area (Å²) >= 11 is 0. The van der Waals surface area contributed by atoms with Gasteiger partial charge in [0.05, 0.1) is 0 Å². The van der Waals surface area contributed by atoms with Crippen LogP contribution < -0.4 is 0 Å². The van der Waals surface area contributed by atoms with Crippen LogP contribution in [0.1, 0.15) is 24.8 Å². The maximum atomic E-state index is 11.1. The lowest BCUT2D eigenvalue weighted by Gasteiger charge is -2.32. The predicted octanol–water partition coefficient (Wildman–Crippen LogP) is 1.83. The Morgan fingerprint density at radius 3 is 2.82 bits per heavy atom. The van der Waals surface area contributed by atoms with E-state index in [9.17, 15) is 9.90 Å². The smallest absolute Gasteiger partial charge is 0.320 e. The Hall–Kier alpha value is -1.55. The maximum Gasteiger partial charge on any atom is 0.320 e. The molecule has 1 aliphatic rings. The summed E-state index contributed by atoms with van der Waals surface area (Å²) in [5.41, 5.74) is 0.792. The third-order valence-electron chi connectivity index (χ3n) is 3.26. The number of phenolic OH excluding ortho intramolecular Hbond substituents is 1. The minimum atomic E-state index is -0.764. The Morgan fingerprint density at radius 2 is 2.12 bits per heavy atom. The van der Waals surface area contributed by atoms with Crippen LogP contribution in [0.5, 0.6) is 5.75 Å². The number of aromatic hydroxyl groups is 1. The highest BCUT2D eigenvalue weighted by molar-refractivity contribution is 5.73. The summed E-state index contributed by atoms with van der Waals surface area (Å²) < 4.78 is 0. The number of piperidine rings is 1. The molecule has 0 aliphatic carbocycles. The standard InChI is InChI=1S/C13H17NO3/c15-12-7-2-1-5-10(12)9-14-8-4-3-6-11(14)13(16)17/h1-2,5,7,11,15H,3-4,6,8-9H2,(H,16,17). The maximum absolute atomic E-state index is 11.1. The number of rotatable bonds is 3. The van der Waals surface area contributed by atoms with Crippen LogP contribution in [-0.2, 0) is 11.3 Å². The van der Waals surface area contributed by atoms with Crippen molar-refractivity contribution >= 4 is 5.97 Å². The molecule has 1 heterocycles. The Labute approximate surface area is 100 Å². The molecule has 1 saturated heterocycles. The van der Waals surface area contributed by atoms with Gasteiger partial charge < -0.3 is 10.2 Å². The second-order valence-corrected chi connectivity index (χ2v) is 4.45. The molecule has 1 unspecified atom stereocenters. The van der Waals surface area contributed by atoms with E-state index < -0.39 is 12.0 Å². The Kier molecular flexibility index (Phi) is 3.64. The van der Waals surface area contributed by atoms with Crippen LogP contribution in [0.25, 0.3) is 0 Å². The molecule has 17 heavy (non-hydrogen) atoms. The van der Waals surface area contributed by atoms with Gasteiger partial charge in [-0.3, -0.25) is 9.69 Å². The van der Waals surface area contributed by atoms with Gasteiger partial charge in [0.15, 0.2) is 0 Å². The van der Waals surface area contributed by atoms with E-state index in [2.05, 4.69) is 0 Å². The number of phenols is 1. The molecule has 0 saturated carbocycles. The molecule has 1 atom stereocenters. The quantitative estimate of drug-likeness (QED) is 0.839. The second-order valence-electron chi connectivity index (χ2n) is 4.45. The van der Waals surface area contributed by atoms with Crippen molar-refractivity contribution in [2.45, 2.75) is 31.8 Å². The molecule has 92 valence electrons. The molecule has 1 aromatic rings. The Bertz CT molecular complexity index is 405. The molecule has 0 bridgehead atoms. The van der Waals surface area contributed by atoms with Crippen LogP contribution in [0.3, 0.4) is 0 Å². The fourth-order valence-electron chi connectivity index (χ4n) is 2.32. The van der Waals surface area contributed by atoms with E-state index >= 15 is 0 Å². The average Bonchev–Trinajstić information content (AvgIpc) is 2.32. The lowest BCUT2D eigenvalue weighted by Crippen LogP contribution is -2.43. The van der Waals surface area contributed by atoms with Crippen LogP contribution >= 0.6 is 0 Å². The summed E-state index contributed by atoms with van der Waals surface area (Å²) in [4.78, 5) is 13.1. The Balaban J connectivity index is 2.11. The molecule has 1 fully saturated rings. The Morgan fingerprint density at radius 1 is 1.35 bits per heavy atom. The monoisotopic (exact) mass is 235 g/mol. The van der Waals surface area contributed by atoms with Crippen molar-refractivity contribution < 1.29 is 15.0 Å². The van der Waals surface area contributed by atoms with Crippen molar-refractivity contribution in [1.82, 2.24) is 4.90 Å². The number of hydrogen-bond acceptors (Lipinski definition) is 3. The molecule has 4 heteroatoms. The van der Waals surface area contributed by atoms with E-state index in [1.807, 2.05) is 17.0 Å². The highest BCUT2D eigenvalue weighted by Crippen LogP contribution is 2.23. The van der Waals surface area contributed by atoms with Gasteiger partial charge in [-0.05, 0) is 25.5 Å². The molecular formula is C13H17NO3. The number of nitrogens with zero attached hydrogens (tertiary/aromatic N) is 1. The average molecular weight is 235 g/mol. The van der Waals surface area contributed by atoms with Crippen LogP contribution in [0.15, 0.2) is 24.3 Å². The van der Waals surface area contributed by atoms with Gasteiger partial charge in [-0.2, -0.15) is 0 Å². The first-order valence-corrected chi connectivity index (χ1v) is 5.92. The zero-order valence-electron chi connectivity index (χ0n) is 9.67. The molecule has 0 amide bonds. The zero-order chi connectivity index (χ0) is 12.3. The van der Waals surface area contributed by atoms with Gasteiger partial charge in [0.25, 0.3) is 0 Å². The van der Waals surface area contributed by atoms with Crippen LogP contribution in [0.4, 0.5) is 0 Å². The van der Waals surface area contributed by atoms with Gasteiger partial charge in [-0.15, -0.1) is 0 Å². The van der Waals surface area contributed by atoms with Gasteiger partial charge in [0.2, 0.25) is 0 Å². The van der Waals surface area contributed by atoms with E-state index in [0.717, 1.165) is 24.9 Å². The fraction of sp³-hybridized carbons (Fsp3) is 0.462. The SMILES string of the molecule is O=C(O)C1CCCCN1Cc1ccccc1O. The summed E-state index contributed by atoms with van der Waals surface area (Å²) in [6.07, 6.45) is 2.69.